The topological polar surface area (TPSA) is 63.2 Å². The molecule has 0 aliphatic carbocycles. The molecular formula is CrCuMnO3. The van der Waals surface area contributed by atoms with E-state index in [0.29, 0.717) is 0 Å². The fraction of sp³-hybridized carbons (Fsp3) is 0. The van der Waals surface area contributed by atoms with Crippen molar-refractivity contribution in [3.8, 4) is 0 Å². The Morgan fingerprint density at radius 1 is 1.33 bits per heavy atom. The number of hydrogen-bond acceptors (Lipinski definition) is 3. The van der Waals surface area contributed by atoms with Crippen LogP contribution in [-0.4, -0.2) is 0 Å². The summed E-state index contributed by atoms with van der Waals surface area (Å²) in [5, 5.41) is 0. The molecule has 0 aliphatic rings. The third kappa shape index (κ3) is 58.4. The summed E-state index contributed by atoms with van der Waals surface area (Å²) in [6, 6.07) is 0. The van der Waals surface area contributed by atoms with E-state index in [2.05, 4.69) is 0 Å². The molecule has 0 amide bonds. The molecule has 0 aromatic heterocycles. The molecule has 42 valence electrons. The van der Waals surface area contributed by atoms with Crippen LogP contribution in [0.4, 0.5) is 0 Å². The minimum absolute atomic E-state index is 0. The average Bonchev–Trinajstić information content (AvgIpc) is 0.811. The summed E-state index contributed by atoms with van der Waals surface area (Å²) in [7, 11) is 0. The van der Waals surface area contributed by atoms with Crippen LogP contribution < -0.4 is 8.32 Å². The van der Waals surface area contributed by atoms with E-state index in [1.807, 2.05) is 0 Å². The molecule has 0 spiro atoms. The van der Waals surface area contributed by atoms with Crippen LogP contribution in [0.2, 0.25) is 0 Å². The zero-order valence-electron chi connectivity index (χ0n) is 2.31. The van der Waals surface area contributed by atoms with E-state index in [1.54, 1.807) is 0 Å². The molecule has 0 aromatic rings. The van der Waals surface area contributed by atoms with Gasteiger partial charge >= 0.3 is 43.9 Å². The third-order valence-corrected chi connectivity index (χ3v) is 0. The van der Waals surface area contributed by atoms with E-state index in [1.165, 1.54) is 0 Å². The zero-order chi connectivity index (χ0) is 3.58. The van der Waals surface area contributed by atoms with Crippen LogP contribution in [0.15, 0.2) is 0 Å². The normalized spacial score (nSPS) is 5.83. The van der Waals surface area contributed by atoms with Crippen molar-refractivity contribution >= 4 is 0 Å². The Morgan fingerprint density at radius 3 is 1.33 bits per heavy atom. The molecular weight excluding hydrogens is 218 g/mol. The van der Waals surface area contributed by atoms with Crippen molar-refractivity contribution in [2.24, 2.45) is 0 Å². The van der Waals surface area contributed by atoms with E-state index in [4.69, 9.17) is 12.1 Å². The predicted octanol–water partition coefficient (Wildman–Crippen LogP) is -2.50. The van der Waals surface area contributed by atoms with Gasteiger partial charge in [0.25, 0.3) is 0 Å². The Hall–Kier alpha value is 1.29. The first kappa shape index (κ1) is 15.7. The van der Waals surface area contributed by atoms with Crippen LogP contribution in [0.5, 0.6) is 0 Å². The van der Waals surface area contributed by atoms with E-state index < -0.39 is 14.8 Å². The summed E-state index contributed by atoms with van der Waals surface area (Å²) in [5.74, 6) is 0. The molecule has 0 atom stereocenters. The Balaban J connectivity index is -0.0000000450. The number of rotatable bonds is 0. The minimum atomic E-state index is -3.79. The van der Waals surface area contributed by atoms with Crippen molar-refractivity contribution in [1.29, 1.82) is 0 Å². The molecule has 0 saturated heterocycles. The van der Waals surface area contributed by atoms with Gasteiger partial charge in [-0.3, -0.25) is 0 Å². The van der Waals surface area contributed by atoms with Gasteiger partial charge in [0.05, 0.1) is 0 Å². The van der Waals surface area contributed by atoms with Crippen molar-refractivity contribution in [1.82, 2.24) is 0 Å². The Kier molecular flexibility index (Phi) is 25.0. The van der Waals surface area contributed by atoms with Crippen LogP contribution in [0.1, 0.15) is 0 Å². The van der Waals surface area contributed by atoms with Gasteiger partial charge in [-0.1, -0.05) is 0 Å². The molecule has 0 fully saturated rings. The summed E-state index contributed by atoms with van der Waals surface area (Å²) >= 11 is -3.79. The maximum absolute atomic E-state index is 8.54. The molecule has 6 heavy (non-hydrogen) atoms. The van der Waals surface area contributed by atoms with Gasteiger partial charge in [0, 0.05) is 17.1 Å². The van der Waals surface area contributed by atoms with Crippen molar-refractivity contribution < 1.29 is 61.0 Å². The second-order valence-corrected chi connectivity index (χ2v) is 0.842. The standard InChI is InChI=1S/Cr.Cu.Mn.3O/q;;+2;;2*-1. The molecule has 3 nitrogen and oxygen atoms in total. The maximum atomic E-state index is 8.54. The number of hydrogen-bond donors (Lipinski definition) is 0. The van der Waals surface area contributed by atoms with Gasteiger partial charge in [0.2, 0.25) is 0 Å². The van der Waals surface area contributed by atoms with Crippen molar-refractivity contribution in [2.75, 3.05) is 0 Å². The molecule has 0 bridgehead atoms. The monoisotopic (exact) mass is 218 g/mol. The summed E-state index contributed by atoms with van der Waals surface area (Å²) in [6.45, 7) is 0. The van der Waals surface area contributed by atoms with Crippen LogP contribution in [0.3, 0.4) is 0 Å². The SMILES string of the molecule is [Cu].[Mn+2].[O]=[Cr]([O-])[O-]. The summed E-state index contributed by atoms with van der Waals surface area (Å²) in [4.78, 5) is 0. The molecule has 0 rings (SSSR count). The van der Waals surface area contributed by atoms with Gasteiger partial charge < -0.3 is 0 Å². The molecule has 6 heteroatoms. The summed E-state index contributed by atoms with van der Waals surface area (Å²) < 4.78 is 25.6. The molecule has 0 heterocycles. The molecule has 0 unspecified atom stereocenters. The second kappa shape index (κ2) is 9.57. The van der Waals surface area contributed by atoms with Crippen molar-refractivity contribution in [3.05, 3.63) is 0 Å². The molecule has 0 N–H and O–H groups in total. The zero-order valence-corrected chi connectivity index (χ0v) is 5.71. The average molecular weight is 218 g/mol. The van der Waals surface area contributed by atoms with Crippen molar-refractivity contribution in [3.63, 3.8) is 0 Å². The molecule has 0 aliphatic heterocycles. The van der Waals surface area contributed by atoms with Gasteiger partial charge in [-0.05, 0) is 0 Å². The first-order chi connectivity index (χ1) is 1.73. The summed E-state index contributed by atoms with van der Waals surface area (Å²) in [5.41, 5.74) is 0. The molecule has 0 saturated carbocycles. The van der Waals surface area contributed by atoms with Gasteiger partial charge in [-0.2, -0.15) is 0 Å². The van der Waals surface area contributed by atoms with Gasteiger partial charge in [-0.15, -0.1) is 0 Å². The Labute approximate surface area is 61.0 Å². The fourth-order valence-corrected chi connectivity index (χ4v) is 0. The van der Waals surface area contributed by atoms with Crippen molar-refractivity contribution in [2.45, 2.75) is 0 Å². The van der Waals surface area contributed by atoms with E-state index in [0.717, 1.165) is 0 Å². The third-order valence-electron chi connectivity index (χ3n) is 0. The van der Waals surface area contributed by atoms with Gasteiger partial charge in [-0.25, -0.2) is 0 Å². The van der Waals surface area contributed by atoms with E-state index in [-0.39, 0.29) is 34.1 Å². The van der Waals surface area contributed by atoms with Crippen LogP contribution in [0, 0.1) is 0 Å². The summed E-state index contributed by atoms with van der Waals surface area (Å²) in [6.07, 6.45) is 0. The fourth-order valence-electron chi connectivity index (χ4n) is 0. The van der Waals surface area contributed by atoms with E-state index in [9.17, 15) is 0 Å². The van der Waals surface area contributed by atoms with Gasteiger partial charge in [0.15, 0.2) is 0 Å². The Morgan fingerprint density at radius 2 is 1.33 bits per heavy atom. The van der Waals surface area contributed by atoms with Gasteiger partial charge in [0.1, 0.15) is 0 Å². The van der Waals surface area contributed by atoms with Crippen LogP contribution >= 0.6 is 0 Å². The Bertz CT molecular complexity index is 33.8. The molecule has 0 aromatic carbocycles. The van der Waals surface area contributed by atoms with Crippen LogP contribution in [0.25, 0.3) is 0 Å². The molecule has 2 radical (unpaired) electrons. The second-order valence-electron chi connectivity index (χ2n) is 0.204. The predicted molar refractivity (Wildman–Crippen MR) is 0.686 cm³/mol. The first-order valence-electron chi connectivity index (χ1n) is 0.500. The quantitative estimate of drug-likeness (QED) is 0.422. The first-order valence-corrected chi connectivity index (χ1v) is 2.06. The van der Waals surface area contributed by atoms with E-state index >= 15 is 0 Å². The van der Waals surface area contributed by atoms with Crippen LogP contribution in [-0.2, 0) is 52.7 Å².